The van der Waals surface area contributed by atoms with E-state index in [9.17, 15) is 14.4 Å². The number of carbonyl (C=O) groups is 3. The van der Waals surface area contributed by atoms with Crippen molar-refractivity contribution < 1.29 is 14.4 Å². The maximum Gasteiger partial charge on any atom is 0.314 e. The van der Waals surface area contributed by atoms with E-state index in [0.717, 1.165) is 10.0 Å². The monoisotopic (exact) mass is 389 g/mol. The van der Waals surface area contributed by atoms with Crippen molar-refractivity contribution in [3.05, 3.63) is 52.5 Å². The first-order valence-electron chi connectivity index (χ1n) is 7.11. The molecule has 6 nitrogen and oxygen atoms in total. The first kappa shape index (κ1) is 17.7. The summed E-state index contributed by atoms with van der Waals surface area (Å²) in [5.41, 5.74) is 2.47. The second-order valence-corrected chi connectivity index (χ2v) is 5.99. The Bertz CT molecular complexity index is 805. The zero-order valence-corrected chi connectivity index (χ0v) is 14.7. The van der Waals surface area contributed by atoms with Gasteiger partial charge in [-0.05, 0) is 42.8 Å². The van der Waals surface area contributed by atoms with Crippen molar-refractivity contribution in [1.82, 2.24) is 0 Å². The van der Waals surface area contributed by atoms with Crippen molar-refractivity contribution in [2.75, 3.05) is 16.0 Å². The van der Waals surface area contributed by atoms with Crippen LogP contribution < -0.4 is 16.0 Å². The number of nitrogens with one attached hydrogen (secondary N) is 3. The largest absolute Gasteiger partial charge is 0.326 e. The van der Waals surface area contributed by atoms with Gasteiger partial charge in [0.05, 0.1) is 0 Å². The fourth-order valence-electron chi connectivity index (χ4n) is 1.92. The van der Waals surface area contributed by atoms with Crippen LogP contribution in [0.1, 0.15) is 12.5 Å². The van der Waals surface area contributed by atoms with Crippen molar-refractivity contribution in [3.63, 3.8) is 0 Å². The lowest BCUT2D eigenvalue weighted by atomic mass is 10.2. The summed E-state index contributed by atoms with van der Waals surface area (Å²) >= 11 is 3.37. The molecule has 124 valence electrons. The van der Waals surface area contributed by atoms with Gasteiger partial charge in [-0.25, -0.2) is 0 Å². The lowest BCUT2D eigenvalue weighted by Gasteiger charge is -2.09. The number of aryl methyl sites for hydroxylation is 1. The van der Waals surface area contributed by atoms with Gasteiger partial charge >= 0.3 is 11.8 Å². The first-order valence-corrected chi connectivity index (χ1v) is 7.90. The summed E-state index contributed by atoms with van der Waals surface area (Å²) < 4.78 is 0.837. The predicted octanol–water partition coefficient (Wildman–Crippen LogP) is 3.29. The number of benzene rings is 2. The second kappa shape index (κ2) is 7.74. The molecule has 0 saturated heterocycles. The molecule has 0 aliphatic rings. The summed E-state index contributed by atoms with van der Waals surface area (Å²) in [7, 11) is 0. The van der Waals surface area contributed by atoms with Gasteiger partial charge in [0, 0.05) is 28.5 Å². The molecule has 2 rings (SSSR count). The molecule has 0 spiro atoms. The van der Waals surface area contributed by atoms with E-state index in [-0.39, 0.29) is 5.91 Å². The minimum absolute atomic E-state index is 0.221. The number of rotatable bonds is 3. The molecule has 7 heteroatoms. The van der Waals surface area contributed by atoms with Crippen molar-refractivity contribution in [2.45, 2.75) is 13.8 Å². The average molecular weight is 390 g/mol. The maximum atomic E-state index is 12.0. The van der Waals surface area contributed by atoms with Crippen LogP contribution in [0, 0.1) is 6.92 Å². The molecule has 0 atom stereocenters. The topological polar surface area (TPSA) is 87.3 Å². The van der Waals surface area contributed by atoms with Gasteiger partial charge in [0.15, 0.2) is 0 Å². The van der Waals surface area contributed by atoms with Gasteiger partial charge in [-0.3, -0.25) is 14.4 Å². The van der Waals surface area contributed by atoms with Gasteiger partial charge in [-0.2, -0.15) is 0 Å². The van der Waals surface area contributed by atoms with E-state index in [4.69, 9.17) is 0 Å². The first-order chi connectivity index (χ1) is 11.3. The fraction of sp³-hybridized carbons (Fsp3) is 0.118. The van der Waals surface area contributed by atoms with Gasteiger partial charge < -0.3 is 16.0 Å². The number of halogens is 1. The van der Waals surface area contributed by atoms with Crippen molar-refractivity contribution >= 4 is 50.7 Å². The zero-order chi connectivity index (χ0) is 17.7. The molecule has 0 aliphatic carbocycles. The van der Waals surface area contributed by atoms with Crippen LogP contribution in [0.3, 0.4) is 0 Å². The lowest BCUT2D eigenvalue weighted by Crippen LogP contribution is -2.29. The van der Waals surface area contributed by atoms with Crippen LogP contribution in [-0.2, 0) is 14.4 Å². The number of amides is 3. The molecule has 2 aromatic rings. The Hall–Kier alpha value is -2.67. The zero-order valence-electron chi connectivity index (χ0n) is 13.1. The van der Waals surface area contributed by atoms with E-state index < -0.39 is 11.8 Å². The Balaban J connectivity index is 2.02. The molecule has 0 aromatic heterocycles. The van der Waals surface area contributed by atoms with Crippen molar-refractivity contribution in [3.8, 4) is 0 Å². The second-order valence-electron chi connectivity index (χ2n) is 5.13. The van der Waals surface area contributed by atoms with Crippen molar-refractivity contribution in [1.29, 1.82) is 0 Å². The normalized spacial score (nSPS) is 9.96. The Morgan fingerprint density at radius 3 is 1.92 bits per heavy atom. The van der Waals surface area contributed by atoms with E-state index >= 15 is 0 Å². The smallest absolute Gasteiger partial charge is 0.314 e. The number of anilines is 3. The molecule has 0 fully saturated rings. The van der Waals surface area contributed by atoms with Crippen LogP contribution in [-0.4, -0.2) is 17.7 Å². The fourth-order valence-corrected chi connectivity index (χ4v) is 2.30. The van der Waals surface area contributed by atoms with E-state index in [0.29, 0.717) is 17.1 Å². The van der Waals surface area contributed by atoms with E-state index in [1.807, 2.05) is 13.0 Å². The van der Waals surface area contributed by atoms with Crippen LogP contribution in [0.4, 0.5) is 17.1 Å². The van der Waals surface area contributed by atoms with E-state index in [1.165, 1.54) is 6.92 Å². The van der Waals surface area contributed by atoms with Gasteiger partial charge in [-0.1, -0.05) is 28.1 Å². The quantitative estimate of drug-likeness (QED) is 0.703. The predicted molar refractivity (Wildman–Crippen MR) is 96.9 cm³/mol. The molecular formula is C17H16BrN3O3. The molecule has 24 heavy (non-hydrogen) atoms. The third-order valence-electron chi connectivity index (χ3n) is 3.08. The Kier molecular flexibility index (Phi) is 5.70. The Morgan fingerprint density at radius 2 is 1.38 bits per heavy atom. The lowest BCUT2D eigenvalue weighted by molar-refractivity contribution is -0.132. The highest BCUT2D eigenvalue weighted by Crippen LogP contribution is 2.20. The molecule has 0 bridgehead atoms. The molecule has 0 aliphatic heterocycles. The molecule has 0 heterocycles. The highest BCUT2D eigenvalue weighted by molar-refractivity contribution is 9.10. The highest BCUT2D eigenvalue weighted by atomic mass is 79.9. The number of hydrogen-bond donors (Lipinski definition) is 3. The highest BCUT2D eigenvalue weighted by Gasteiger charge is 2.14. The number of carbonyl (C=O) groups excluding carboxylic acids is 3. The molecule has 0 unspecified atom stereocenters. The number of hydrogen-bond acceptors (Lipinski definition) is 3. The molecular weight excluding hydrogens is 374 g/mol. The summed E-state index contributed by atoms with van der Waals surface area (Å²) in [6.07, 6.45) is 0. The Morgan fingerprint density at radius 1 is 0.833 bits per heavy atom. The Labute approximate surface area is 147 Å². The minimum atomic E-state index is -0.799. The van der Waals surface area contributed by atoms with Gasteiger partial charge in [0.25, 0.3) is 0 Å². The molecule has 0 saturated carbocycles. The molecule has 2 aromatic carbocycles. The van der Waals surface area contributed by atoms with Crippen LogP contribution >= 0.6 is 15.9 Å². The van der Waals surface area contributed by atoms with Crippen molar-refractivity contribution in [2.24, 2.45) is 0 Å². The molecule has 3 N–H and O–H groups in total. The van der Waals surface area contributed by atoms with E-state index in [2.05, 4.69) is 31.9 Å². The van der Waals surface area contributed by atoms with Gasteiger partial charge in [-0.15, -0.1) is 0 Å². The molecule has 3 amide bonds. The molecule has 0 radical (unpaired) electrons. The summed E-state index contributed by atoms with van der Waals surface area (Å²) in [6, 6.07) is 11.8. The average Bonchev–Trinajstić information content (AvgIpc) is 2.50. The maximum absolute atomic E-state index is 12.0. The van der Waals surface area contributed by atoms with Crippen LogP contribution in [0.25, 0.3) is 0 Å². The van der Waals surface area contributed by atoms with Gasteiger partial charge in [0.2, 0.25) is 5.91 Å². The summed E-state index contributed by atoms with van der Waals surface area (Å²) in [6.45, 7) is 3.31. The van der Waals surface area contributed by atoms with Gasteiger partial charge in [0.1, 0.15) is 0 Å². The third-order valence-corrected chi connectivity index (χ3v) is 3.93. The third kappa shape index (κ3) is 4.92. The van der Waals surface area contributed by atoms with Crippen LogP contribution in [0.15, 0.2) is 46.9 Å². The van der Waals surface area contributed by atoms with E-state index in [1.54, 1.807) is 36.4 Å². The summed E-state index contributed by atoms with van der Waals surface area (Å²) in [5.74, 6) is -1.80. The SMILES string of the molecule is CC(=O)Nc1cccc(NC(=O)C(=O)Nc2ccc(C)c(Br)c2)c1. The van der Waals surface area contributed by atoms with Crippen LogP contribution in [0.5, 0.6) is 0 Å². The summed E-state index contributed by atoms with van der Waals surface area (Å²) in [5, 5.41) is 7.62. The van der Waals surface area contributed by atoms with Crippen LogP contribution in [0.2, 0.25) is 0 Å². The summed E-state index contributed by atoms with van der Waals surface area (Å²) in [4.78, 5) is 35.0. The standard InChI is InChI=1S/C17H16BrN3O3/c1-10-6-7-14(9-15(10)18)21-17(24)16(23)20-13-5-3-4-12(8-13)19-11(2)22/h3-9H,1-2H3,(H,19,22)(H,20,23)(H,21,24). The minimum Gasteiger partial charge on any atom is -0.326 e.